The molecule has 0 aliphatic heterocycles. The molecule has 0 saturated carbocycles. The van der Waals surface area contributed by atoms with Gasteiger partial charge in [-0.3, -0.25) is 10.1 Å². The molecule has 0 heterocycles. The van der Waals surface area contributed by atoms with E-state index < -0.39 is 0 Å². The third-order valence-corrected chi connectivity index (χ3v) is 2.11. The zero-order valence-corrected chi connectivity index (χ0v) is 8.94. The third kappa shape index (κ3) is 2.53. The number of carbonyl (C=O) groups is 1. The van der Waals surface area contributed by atoms with Crippen LogP contribution in [-0.2, 0) is 0 Å². The molecule has 0 aromatic heterocycles. The predicted molar refractivity (Wildman–Crippen MR) is 60.2 cm³/mol. The van der Waals surface area contributed by atoms with Crippen LogP contribution in [0, 0.1) is 13.8 Å². The van der Waals surface area contributed by atoms with Crippen molar-refractivity contribution in [2.24, 2.45) is 5.73 Å². The second kappa shape index (κ2) is 4.19. The summed E-state index contributed by atoms with van der Waals surface area (Å²) in [6.45, 7) is 3.94. The van der Waals surface area contributed by atoms with Crippen molar-refractivity contribution >= 4 is 23.2 Å². The number of nitrogens with two attached hydrogens (primary N) is 1. The molecule has 0 spiro atoms. The second-order valence-corrected chi connectivity index (χ2v) is 3.56. The number of benzene rings is 1. The van der Waals surface area contributed by atoms with Crippen LogP contribution in [0.3, 0.4) is 0 Å². The molecule has 0 radical (unpaired) electrons. The highest BCUT2D eigenvalue weighted by Gasteiger charge is 2.06. The van der Waals surface area contributed by atoms with Gasteiger partial charge in [0.15, 0.2) is 5.11 Å². The van der Waals surface area contributed by atoms with Crippen LogP contribution in [0.15, 0.2) is 18.2 Å². The van der Waals surface area contributed by atoms with E-state index in [1.54, 1.807) is 6.07 Å². The lowest BCUT2D eigenvalue weighted by molar-refractivity contribution is 0.0977. The van der Waals surface area contributed by atoms with Gasteiger partial charge in [-0.25, -0.2) is 0 Å². The minimum Gasteiger partial charge on any atom is -0.376 e. The molecule has 0 unspecified atom stereocenters. The van der Waals surface area contributed by atoms with Crippen molar-refractivity contribution in [1.29, 1.82) is 0 Å². The Balaban J connectivity index is 2.91. The number of hydrogen-bond acceptors (Lipinski definition) is 2. The van der Waals surface area contributed by atoms with Crippen LogP contribution >= 0.6 is 12.2 Å². The molecule has 0 atom stereocenters. The zero-order chi connectivity index (χ0) is 10.7. The Hall–Kier alpha value is -1.42. The lowest BCUT2D eigenvalue weighted by Gasteiger charge is -2.05. The van der Waals surface area contributed by atoms with Gasteiger partial charge >= 0.3 is 0 Å². The zero-order valence-electron chi connectivity index (χ0n) is 8.13. The van der Waals surface area contributed by atoms with Crippen molar-refractivity contribution in [2.75, 3.05) is 0 Å². The molecule has 14 heavy (non-hydrogen) atoms. The van der Waals surface area contributed by atoms with E-state index in [1.165, 1.54) is 0 Å². The van der Waals surface area contributed by atoms with E-state index in [9.17, 15) is 4.79 Å². The van der Waals surface area contributed by atoms with Crippen LogP contribution in [0.2, 0.25) is 0 Å². The Labute approximate surface area is 88.3 Å². The van der Waals surface area contributed by atoms with Gasteiger partial charge in [-0.15, -0.1) is 0 Å². The normalized spacial score (nSPS) is 9.57. The van der Waals surface area contributed by atoms with E-state index in [-0.39, 0.29) is 11.0 Å². The SMILES string of the molecule is Cc1ccc(C(=O)NC(N)=S)cc1C. The third-order valence-electron chi connectivity index (χ3n) is 2.01. The maximum atomic E-state index is 11.4. The molecule has 0 fully saturated rings. The molecule has 1 aromatic rings. The Morgan fingerprint density at radius 2 is 2.00 bits per heavy atom. The summed E-state index contributed by atoms with van der Waals surface area (Å²) >= 11 is 4.58. The summed E-state index contributed by atoms with van der Waals surface area (Å²) in [7, 11) is 0. The van der Waals surface area contributed by atoms with Crippen molar-refractivity contribution in [3.05, 3.63) is 34.9 Å². The predicted octanol–water partition coefficient (Wildman–Crippen LogP) is 1.28. The van der Waals surface area contributed by atoms with Gasteiger partial charge in [0, 0.05) is 5.56 Å². The van der Waals surface area contributed by atoms with Gasteiger partial charge in [-0.05, 0) is 49.3 Å². The molecule has 4 heteroatoms. The van der Waals surface area contributed by atoms with Crippen molar-refractivity contribution in [3.63, 3.8) is 0 Å². The van der Waals surface area contributed by atoms with E-state index >= 15 is 0 Å². The fraction of sp³-hybridized carbons (Fsp3) is 0.200. The summed E-state index contributed by atoms with van der Waals surface area (Å²) < 4.78 is 0. The van der Waals surface area contributed by atoms with Crippen LogP contribution in [0.4, 0.5) is 0 Å². The molecular formula is C10H12N2OS. The number of hydrogen-bond donors (Lipinski definition) is 2. The molecule has 3 N–H and O–H groups in total. The summed E-state index contributed by atoms with van der Waals surface area (Å²) in [6, 6.07) is 5.45. The van der Waals surface area contributed by atoms with Gasteiger partial charge in [0.25, 0.3) is 5.91 Å². The molecular weight excluding hydrogens is 196 g/mol. The first-order chi connectivity index (χ1) is 6.50. The number of carbonyl (C=O) groups excluding carboxylic acids is 1. The summed E-state index contributed by atoms with van der Waals surface area (Å²) in [4.78, 5) is 11.4. The minimum absolute atomic E-state index is 0.00627. The molecule has 0 aliphatic carbocycles. The number of nitrogens with one attached hydrogen (secondary N) is 1. The quantitative estimate of drug-likeness (QED) is 0.683. The van der Waals surface area contributed by atoms with Crippen molar-refractivity contribution in [1.82, 2.24) is 5.32 Å². The fourth-order valence-corrected chi connectivity index (χ4v) is 1.16. The van der Waals surface area contributed by atoms with Crippen molar-refractivity contribution < 1.29 is 4.79 Å². The van der Waals surface area contributed by atoms with Crippen LogP contribution in [0.5, 0.6) is 0 Å². The van der Waals surface area contributed by atoms with E-state index in [4.69, 9.17) is 5.73 Å². The molecule has 0 bridgehead atoms. The van der Waals surface area contributed by atoms with Crippen molar-refractivity contribution in [2.45, 2.75) is 13.8 Å². The summed E-state index contributed by atoms with van der Waals surface area (Å²) in [5.74, 6) is -0.263. The van der Waals surface area contributed by atoms with Crippen molar-refractivity contribution in [3.8, 4) is 0 Å². The smallest absolute Gasteiger partial charge is 0.257 e. The van der Waals surface area contributed by atoms with Gasteiger partial charge < -0.3 is 5.73 Å². The Kier molecular flexibility index (Phi) is 3.19. The van der Waals surface area contributed by atoms with Gasteiger partial charge in [0.2, 0.25) is 0 Å². The van der Waals surface area contributed by atoms with Crippen LogP contribution in [0.25, 0.3) is 0 Å². The first-order valence-corrected chi connectivity index (χ1v) is 4.59. The maximum absolute atomic E-state index is 11.4. The van der Waals surface area contributed by atoms with Gasteiger partial charge in [0.05, 0.1) is 0 Å². The molecule has 1 amide bonds. The highest BCUT2D eigenvalue weighted by molar-refractivity contribution is 7.80. The topological polar surface area (TPSA) is 55.1 Å². The average molecular weight is 208 g/mol. The Morgan fingerprint density at radius 1 is 1.36 bits per heavy atom. The molecule has 1 aromatic carbocycles. The van der Waals surface area contributed by atoms with Gasteiger partial charge in [-0.1, -0.05) is 6.07 Å². The second-order valence-electron chi connectivity index (χ2n) is 3.12. The molecule has 3 nitrogen and oxygen atoms in total. The maximum Gasteiger partial charge on any atom is 0.257 e. The highest BCUT2D eigenvalue weighted by Crippen LogP contribution is 2.09. The lowest BCUT2D eigenvalue weighted by atomic mass is 10.1. The first kappa shape index (κ1) is 10.7. The van der Waals surface area contributed by atoms with E-state index in [0.717, 1.165) is 11.1 Å². The Morgan fingerprint density at radius 3 is 2.50 bits per heavy atom. The summed E-state index contributed by atoms with van der Waals surface area (Å²) in [5.41, 5.74) is 7.99. The Bertz CT molecular complexity index is 388. The summed E-state index contributed by atoms with van der Waals surface area (Å²) in [6.07, 6.45) is 0. The van der Waals surface area contributed by atoms with Crippen LogP contribution in [-0.4, -0.2) is 11.0 Å². The fourth-order valence-electron chi connectivity index (χ4n) is 1.07. The molecule has 0 aliphatic rings. The largest absolute Gasteiger partial charge is 0.376 e. The minimum atomic E-state index is -0.263. The monoisotopic (exact) mass is 208 g/mol. The number of rotatable bonds is 1. The molecule has 74 valence electrons. The van der Waals surface area contributed by atoms with E-state index in [2.05, 4.69) is 17.5 Å². The van der Waals surface area contributed by atoms with Crippen LogP contribution in [0.1, 0.15) is 21.5 Å². The van der Waals surface area contributed by atoms with E-state index in [0.29, 0.717) is 5.56 Å². The number of thiocarbonyl (C=S) groups is 1. The molecule has 0 saturated heterocycles. The number of amides is 1. The summed E-state index contributed by atoms with van der Waals surface area (Å²) in [5, 5.41) is 2.37. The van der Waals surface area contributed by atoms with E-state index in [1.807, 2.05) is 26.0 Å². The average Bonchev–Trinajstić information content (AvgIpc) is 2.08. The standard InChI is InChI=1S/C10H12N2OS/c1-6-3-4-8(5-7(6)2)9(13)12-10(11)14/h3-5H,1-2H3,(H3,11,12,13,14). The van der Waals surface area contributed by atoms with Crippen LogP contribution < -0.4 is 11.1 Å². The molecule has 1 rings (SSSR count). The van der Waals surface area contributed by atoms with Gasteiger partial charge in [0.1, 0.15) is 0 Å². The highest BCUT2D eigenvalue weighted by atomic mass is 32.1. The lowest BCUT2D eigenvalue weighted by Crippen LogP contribution is -2.34. The number of aryl methyl sites for hydroxylation is 2. The first-order valence-electron chi connectivity index (χ1n) is 4.18. The van der Waals surface area contributed by atoms with Gasteiger partial charge in [-0.2, -0.15) is 0 Å².